The molecule has 31 heavy (non-hydrogen) atoms. The third-order valence-electron chi connectivity index (χ3n) is 7.56. The van der Waals surface area contributed by atoms with Crippen LogP contribution in [0.1, 0.15) is 30.9 Å². The van der Waals surface area contributed by atoms with Gasteiger partial charge in [0.2, 0.25) is 17.7 Å². The van der Waals surface area contributed by atoms with Crippen LogP contribution in [0.3, 0.4) is 0 Å². The Bertz CT molecular complexity index is 1150. The lowest BCUT2D eigenvalue weighted by Crippen LogP contribution is -2.54. The summed E-state index contributed by atoms with van der Waals surface area (Å²) in [6.45, 7) is 2.78. The molecule has 158 valence electrons. The van der Waals surface area contributed by atoms with Gasteiger partial charge in [-0.15, -0.1) is 0 Å². The third kappa shape index (κ3) is 2.28. The molecule has 3 amide bonds. The van der Waals surface area contributed by atoms with E-state index in [1.807, 2.05) is 42.5 Å². The van der Waals surface area contributed by atoms with E-state index in [1.165, 1.54) is 4.90 Å². The van der Waals surface area contributed by atoms with Crippen molar-refractivity contribution in [1.82, 2.24) is 4.90 Å². The van der Waals surface area contributed by atoms with Crippen molar-refractivity contribution < 1.29 is 14.4 Å². The number of aryl methyl sites for hydroxylation is 1. The quantitative estimate of drug-likeness (QED) is 0.669. The van der Waals surface area contributed by atoms with Crippen molar-refractivity contribution >= 4 is 45.0 Å². The number of rotatable bonds is 2. The Morgan fingerprint density at radius 1 is 1.10 bits per heavy atom. The number of carbonyl (C=O) groups is 3. The van der Waals surface area contributed by atoms with Crippen LogP contribution < -0.4 is 10.2 Å². The average molecular weight is 480 g/mol. The molecule has 1 spiro atoms. The summed E-state index contributed by atoms with van der Waals surface area (Å²) in [4.78, 5) is 44.6. The Labute approximate surface area is 188 Å². The van der Waals surface area contributed by atoms with Crippen LogP contribution in [0, 0.1) is 11.8 Å². The second-order valence-corrected chi connectivity index (χ2v) is 9.76. The number of halogens is 1. The summed E-state index contributed by atoms with van der Waals surface area (Å²) in [6.07, 6.45) is 2.62. The van der Waals surface area contributed by atoms with Crippen molar-refractivity contribution in [2.45, 2.75) is 37.8 Å². The van der Waals surface area contributed by atoms with Gasteiger partial charge in [0.05, 0.1) is 17.5 Å². The second-order valence-electron chi connectivity index (χ2n) is 8.85. The molecule has 0 radical (unpaired) electrons. The molecule has 4 aliphatic heterocycles. The molecule has 0 aliphatic carbocycles. The highest BCUT2D eigenvalue weighted by Crippen LogP contribution is 2.60. The lowest BCUT2D eigenvalue weighted by atomic mass is 9.75. The maximum absolute atomic E-state index is 13.9. The fourth-order valence-electron chi connectivity index (χ4n) is 6.31. The first kappa shape index (κ1) is 19.2. The van der Waals surface area contributed by atoms with Gasteiger partial charge in [0, 0.05) is 21.8 Å². The van der Waals surface area contributed by atoms with E-state index in [0.29, 0.717) is 12.2 Å². The topological polar surface area (TPSA) is 69.7 Å². The van der Waals surface area contributed by atoms with Crippen LogP contribution in [0.15, 0.2) is 46.9 Å². The molecule has 3 fully saturated rings. The maximum atomic E-state index is 13.9. The van der Waals surface area contributed by atoms with Crippen molar-refractivity contribution in [3.05, 3.63) is 58.1 Å². The minimum atomic E-state index is -1.13. The molecule has 0 bridgehead atoms. The Morgan fingerprint density at radius 3 is 2.61 bits per heavy atom. The van der Waals surface area contributed by atoms with Gasteiger partial charge in [0.1, 0.15) is 5.54 Å². The minimum Gasteiger partial charge on any atom is -0.324 e. The van der Waals surface area contributed by atoms with Crippen LogP contribution in [0.25, 0.3) is 0 Å². The average Bonchev–Trinajstić information content (AvgIpc) is 3.47. The summed E-state index contributed by atoms with van der Waals surface area (Å²) in [7, 11) is 0. The molecule has 0 aromatic heterocycles. The molecule has 6 rings (SSSR count). The Hall–Kier alpha value is -2.51. The van der Waals surface area contributed by atoms with Gasteiger partial charge in [-0.3, -0.25) is 19.3 Å². The normalized spacial score (nSPS) is 31.4. The molecular weight excluding hydrogens is 458 g/mol. The molecule has 4 unspecified atom stereocenters. The van der Waals surface area contributed by atoms with Crippen molar-refractivity contribution in [2.75, 3.05) is 16.8 Å². The SMILES string of the molecule is CCc1ccc(N2C(=O)C3C4CCCN4C4(C(=O)Nc5ccc(Br)cc54)C3C2=O)cc1. The summed E-state index contributed by atoms with van der Waals surface area (Å²) in [5, 5.41) is 3.00. The van der Waals surface area contributed by atoms with E-state index in [0.717, 1.165) is 40.5 Å². The summed E-state index contributed by atoms with van der Waals surface area (Å²) < 4.78 is 0.852. The molecular formula is C24H22BrN3O3. The van der Waals surface area contributed by atoms with Crippen molar-refractivity contribution in [3.63, 3.8) is 0 Å². The number of anilines is 2. The largest absolute Gasteiger partial charge is 0.324 e. The number of amides is 3. The van der Waals surface area contributed by atoms with Gasteiger partial charge in [0.15, 0.2) is 0 Å². The second kappa shape index (κ2) is 6.50. The summed E-state index contributed by atoms with van der Waals surface area (Å²) >= 11 is 3.53. The molecule has 0 saturated carbocycles. The molecule has 4 heterocycles. The molecule has 7 heteroatoms. The summed E-state index contributed by atoms with van der Waals surface area (Å²) in [6, 6.07) is 13.2. The lowest BCUT2D eigenvalue weighted by Gasteiger charge is -2.36. The van der Waals surface area contributed by atoms with E-state index < -0.39 is 17.4 Å². The molecule has 2 aromatic carbocycles. The van der Waals surface area contributed by atoms with Gasteiger partial charge in [-0.2, -0.15) is 0 Å². The number of imide groups is 1. The van der Waals surface area contributed by atoms with E-state index in [9.17, 15) is 14.4 Å². The standard InChI is InChI=1S/C24H22BrN3O3/c1-2-13-5-8-15(9-6-13)28-21(29)19-18-4-3-11-27(18)24(20(19)22(28)30)16-12-14(25)7-10-17(16)26-23(24)31/h5-10,12,18-20H,2-4,11H2,1H3,(H,26,31). The number of nitrogens with one attached hydrogen (secondary N) is 1. The Kier molecular flexibility index (Phi) is 4.02. The Morgan fingerprint density at radius 2 is 1.87 bits per heavy atom. The zero-order chi connectivity index (χ0) is 21.5. The van der Waals surface area contributed by atoms with Crippen molar-refractivity contribution in [3.8, 4) is 0 Å². The van der Waals surface area contributed by atoms with E-state index in [1.54, 1.807) is 0 Å². The van der Waals surface area contributed by atoms with Crippen molar-refractivity contribution in [2.24, 2.45) is 11.8 Å². The van der Waals surface area contributed by atoms with Gasteiger partial charge in [0.25, 0.3) is 0 Å². The lowest BCUT2D eigenvalue weighted by molar-refractivity contribution is -0.135. The van der Waals surface area contributed by atoms with Gasteiger partial charge >= 0.3 is 0 Å². The third-order valence-corrected chi connectivity index (χ3v) is 8.05. The minimum absolute atomic E-state index is 0.1000. The van der Waals surface area contributed by atoms with Crippen LogP contribution in [-0.2, 0) is 26.3 Å². The number of fused-ring (bicyclic) bond motifs is 7. The smallest absolute Gasteiger partial charge is 0.250 e. The first-order valence-corrected chi connectivity index (χ1v) is 11.6. The van der Waals surface area contributed by atoms with E-state index >= 15 is 0 Å². The predicted molar refractivity (Wildman–Crippen MR) is 119 cm³/mol. The molecule has 2 aromatic rings. The van der Waals surface area contributed by atoms with Gasteiger partial charge in [-0.1, -0.05) is 35.0 Å². The van der Waals surface area contributed by atoms with Crippen LogP contribution in [0.2, 0.25) is 0 Å². The maximum Gasteiger partial charge on any atom is 0.250 e. The molecule has 4 atom stereocenters. The van der Waals surface area contributed by atoms with Gasteiger partial charge < -0.3 is 5.32 Å². The van der Waals surface area contributed by atoms with Gasteiger partial charge in [-0.25, -0.2) is 4.90 Å². The summed E-state index contributed by atoms with van der Waals surface area (Å²) in [5.41, 5.74) is 2.14. The first-order chi connectivity index (χ1) is 15.0. The van der Waals surface area contributed by atoms with Crippen LogP contribution in [-0.4, -0.2) is 35.2 Å². The van der Waals surface area contributed by atoms with Gasteiger partial charge in [-0.05, 0) is 61.7 Å². The number of benzene rings is 2. The number of nitrogens with zero attached hydrogens (tertiary/aromatic N) is 2. The van der Waals surface area contributed by atoms with Crippen LogP contribution >= 0.6 is 15.9 Å². The van der Waals surface area contributed by atoms with E-state index in [-0.39, 0.29) is 23.8 Å². The summed E-state index contributed by atoms with van der Waals surface area (Å²) in [5.74, 6) is -1.85. The van der Waals surface area contributed by atoms with Crippen LogP contribution in [0.4, 0.5) is 11.4 Å². The number of hydrogen-bond acceptors (Lipinski definition) is 4. The Balaban J connectivity index is 1.53. The van der Waals surface area contributed by atoms with E-state index in [4.69, 9.17) is 0 Å². The zero-order valence-corrected chi connectivity index (χ0v) is 18.7. The van der Waals surface area contributed by atoms with E-state index in [2.05, 4.69) is 33.1 Å². The highest BCUT2D eigenvalue weighted by molar-refractivity contribution is 9.10. The first-order valence-electron chi connectivity index (χ1n) is 10.8. The monoisotopic (exact) mass is 479 g/mol. The zero-order valence-electron chi connectivity index (χ0n) is 17.1. The highest BCUT2D eigenvalue weighted by atomic mass is 79.9. The van der Waals surface area contributed by atoms with Crippen LogP contribution in [0.5, 0.6) is 0 Å². The number of hydrogen-bond donors (Lipinski definition) is 1. The number of carbonyl (C=O) groups excluding carboxylic acids is 3. The fourth-order valence-corrected chi connectivity index (χ4v) is 6.67. The molecule has 6 nitrogen and oxygen atoms in total. The highest BCUT2D eigenvalue weighted by Gasteiger charge is 2.74. The predicted octanol–water partition coefficient (Wildman–Crippen LogP) is 3.44. The fraction of sp³-hybridized carbons (Fsp3) is 0.375. The van der Waals surface area contributed by atoms with Crippen molar-refractivity contribution in [1.29, 1.82) is 0 Å². The molecule has 3 saturated heterocycles. The molecule has 1 N–H and O–H groups in total. The molecule has 4 aliphatic rings.